The van der Waals surface area contributed by atoms with Crippen LogP contribution in [-0.4, -0.2) is 53.8 Å². The van der Waals surface area contributed by atoms with Gasteiger partial charge in [-0.3, -0.25) is 9.36 Å². The van der Waals surface area contributed by atoms with Crippen LogP contribution in [0.4, 0.5) is 5.82 Å². The van der Waals surface area contributed by atoms with E-state index in [2.05, 4.69) is 15.0 Å². The first-order valence-electron chi connectivity index (χ1n) is 6.36. The van der Waals surface area contributed by atoms with Crippen molar-refractivity contribution in [1.29, 1.82) is 5.26 Å². The molecule has 1 aliphatic heterocycles. The van der Waals surface area contributed by atoms with E-state index in [1.807, 2.05) is 0 Å². The number of ketones is 1. The molecule has 0 spiro atoms. The van der Waals surface area contributed by atoms with Gasteiger partial charge in [0.1, 0.15) is 29.9 Å². The Balaban J connectivity index is 2.10. The average molecular weight is 304 g/mol. The Morgan fingerprint density at radius 1 is 1.45 bits per heavy atom. The summed E-state index contributed by atoms with van der Waals surface area (Å²) in [4.78, 5) is 23.2. The lowest BCUT2D eigenvalue weighted by molar-refractivity contribution is -0.133. The summed E-state index contributed by atoms with van der Waals surface area (Å²) in [5.41, 5.74) is 6.10. The van der Waals surface area contributed by atoms with Crippen LogP contribution in [0.3, 0.4) is 0 Å². The molecule has 114 valence electrons. The third-order valence-corrected chi connectivity index (χ3v) is 3.46. The van der Waals surface area contributed by atoms with E-state index in [1.54, 1.807) is 6.07 Å². The van der Waals surface area contributed by atoms with E-state index in [1.165, 1.54) is 17.8 Å². The topological polar surface area (TPSA) is 160 Å². The quantitative estimate of drug-likeness (QED) is 0.598. The van der Waals surface area contributed by atoms with Gasteiger partial charge in [0.2, 0.25) is 5.82 Å². The van der Waals surface area contributed by atoms with Gasteiger partial charge in [0, 0.05) is 0 Å². The van der Waals surface area contributed by atoms with Gasteiger partial charge < -0.3 is 20.7 Å². The minimum Gasteiger partial charge on any atom is -0.387 e. The first-order chi connectivity index (χ1) is 10.4. The molecule has 1 saturated heterocycles. The molecule has 0 radical (unpaired) electrons. The van der Waals surface area contributed by atoms with Crippen LogP contribution in [0.25, 0.3) is 11.2 Å². The third-order valence-electron chi connectivity index (χ3n) is 3.46. The molecule has 0 saturated carbocycles. The highest BCUT2D eigenvalue weighted by Gasteiger charge is 2.46. The fraction of sp³-hybridized carbons (Fsp3) is 0.417. The van der Waals surface area contributed by atoms with Crippen molar-refractivity contribution in [3.8, 4) is 6.07 Å². The number of hydrogen-bond acceptors (Lipinski definition) is 9. The summed E-state index contributed by atoms with van der Waals surface area (Å²) in [6.07, 6.45) is -3.65. The normalized spacial score (nSPS) is 27.9. The number of anilines is 1. The molecule has 22 heavy (non-hydrogen) atoms. The largest absolute Gasteiger partial charge is 0.387 e. The highest BCUT2D eigenvalue weighted by molar-refractivity contribution is 5.83. The number of carbonyl (C=O) groups excluding carboxylic acids is 1. The number of carbonyl (C=O) groups is 1. The number of rotatable bonds is 2. The third kappa shape index (κ3) is 2.00. The monoisotopic (exact) mass is 304 g/mol. The average Bonchev–Trinajstić information content (AvgIpc) is 3.02. The van der Waals surface area contributed by atoms with Crippen LogP contribution < -0.4 is 5.73 Å². The number of aliphatic hydroxyl groups excluding tert-OH is 2. The maximum absolute atomic E-state index is 11.4. The van der Waals surface area contributed by atoms with Crippen LogP contribution in [-0.2, 0) is 9.53 Å². The lowest BCUT2D eigenvalue weighted by Crippen LogP contribution is -2.34. The summed E-state index contributed by atoms with van der Waals surface area (Å²) in [7, 11) is 0. The highest BCUT2D eigenvalue weighted by atomic mass is 16.6. The predicted octanol–water partition coefficient (Wildman–Crippen LogP) is -1.51. The summed E-state index contributed by atoms with van der Waals surface area (Å²) < 4.78 is 6.71. The van der Waals surface area contributed by atoms with E-state index in [-0.39, 0.29) is 22.8 Å². The molecular formula is C12H12N6O4. The second-order valence-electron chi connectivity index (χ2n) is 4.91. The number of hydrogen-bond donors (Lipinski definition) is 3. The lowest BCUT2D eigenvalue weighted by atomic mass is 10.1. The van der Waals surface area contributed by atoms with Crippen molar-refractivity contribution in [2.45, 2.75) is 31.5 Å². The Labute approximate surface area is 123 Å². The molecule has 3 rings (SSSR count). The summed E-state index contributed by atoms with van der Waals surface area (Å²) in [6, 6.07) is 1.76. The number of nitrogens with zero attached hydrogens (tertiary/aromatic N) is 5. The molecule has 4 atom stereocenters. The van der Waals surface area contributed by atoms with Crippen molar-refractivity contribution in [3.63, 3.8) is 0 Å². The summed E-state index contributed by atoms with van der Waals surface area (Å²) in [6.45, 7) is 1.25. The van der Waals surface area contributed by atoms with E-state index in [4.69, 9.17) is 15.7 Å². The van der Waals surface area contributed by atoms with E-state index >= 15 is 0 Å². The molecule has 3 heterocycles. The van der Waals surface area contributed by atoms with Crippen molar-refractivity contribution < 1.29 is 19.7 Å². The summed E-state index contributed by atoms with van der Waals surface area (Å²) in [5.74, 6) is -0.565. The van der Waals surface area contributed by atoms with Crippen molar-refractivity contribution in [2.24, 2.45) is 0 Å². The molecule has 10 nitrogen and oxygen atoms in total. The van der Waals surface area contributed by atoms with Gasteiger partial charge in [-0.25, -0.2) is 4.98 Å². The standard InChI is InChI=1S/C12H12N6O4/c1-4(19)9-7(20)8(21)12(22-9)18-3-15-6-10(14)16-5(2-13)17-11(6)18/h3,7-9,12,20-21H,1H3,(H2,14,16,17)/t7-,8+,9+,12+/m0/s1. The number of aliphatic hydroxyl groups is 2. The Hall–Kier alpha value is -2.61. The Bertz CT molecular complexity index is 797. The van der Waals surface area contributed by atoms with E-state index in [9.17, 15) is 15.0 Å². The number of nitrogens with two attached hydrogens (primary N) is 1. The van der Waals surface area contributed by atoms with Crippen molar-refractivity contribution in [3.05, 3.63) is 12.2 Å². The van der Waals surface area contributed by atoms with Crippen molar-refractivity contribution >= 4 is 22.8 Å². The maximum Gasteiger partial charge on any atom is 0.236 e. The molecule has 2 aromatic heterocycles. The molecular weight excluding hydrogens is 292 g/mol. The Morgan fingerprint density at radius 2 is 2.18 bits per heavy atom. The summed E-state index contributed by atoms with van der Waals surface area (Å²) in [5, 5.41) is 28.9. The van der Waals surface area contributed by atoms with Crippen LogP contribution in [0.15, 0.2) is 6.33 Å². The van der Waals surface area contributed by atoms with Gasteiger partial charge in [-0.15, -0.1) is 0 Å². The van der Waals surface area contributed by atoms with Gasteiger partial charge in [-0.05, 0) is 6.92 Å². The molecule has 0 unspecified atom stereocenters. The predicted molar refractivity (Wildman–Crippen MR) is 71.1 cm³/mol. The van der Waals surface area contributed by atoms with Crippen LogP contribution in [0.1, 0.15) is 19.0 Å². The van der Waals surface area contributed by atoms with Gasteiger partial charge >= 0.3 is 0 Å². The zero-order valence-electron chi connectivity index (χ0n) is 11.4. The minimum atomic E-state index is -1.37. The van der Waals surface area contributed by atoms with E-state index < -0.39 is 30.3 Å². The second-order valence-corrected chi connectivity index (χ2v) is 4.91. The smallest absolute Gasteiger partial charge is 0.236 e. The van der Waals surface area contributed by atoms with Gasteiger partial charge in [-0.1, -0.05) is 0 Å². The maximum atomic E-state index is 11.4. The zero-order chi connectivity index (χ0) is 16.0. The van der Waals surface area contributed by atoms with Crippen molar-refractivity contribution in [2.75, 3.05) is 5.73 Å². The Morgan fingerprint density at radius 3 is 2.77 bits per heavy atom. The number of nitriles is 1. The molecule has 0 aromatic carbocycles. The molecule has 10 heteroatoms. The van der Waals surface area contributed by atoms with Gasteiger partial charge in [0.15, 0.2) is 23.5 Å². The SMILES string of the molecule is CC(=O)[C@H]1O[C@@H](n2cnc3c(N)nc(C#N)nc32)[C@H](O)[C@@H]1O. The zero-order valence-corrected chi connectivity index (χ0v) is 11.4. The second kappa shape index (κ2) is 4.99. The fourth-order valence-corrected chi connectivity index (χ4v) is 2.40. The number of fused-ring (bicyclic) bond motifs is 1. The molecule has 4 N–H and O–H groups in total. The molecule has 0 amide bonds. The van der Waals surface area contributed by atoms with Gasteiger partial charge in [-0.2, -0.15) is 15.2 Å². The van der Waals surface area contributed by atoms with Crippen LogP contribution in [0.5, 0.6) is 0 Å². The highest BCUT2D eigenvalue weighted by Crippen LogP contribution is 2.32. The molecule has 2 aromatic rings. The molecule has 0 bridgehead atoms. The number of aromatic nitrogens is 4. The first-order valence-corrected chi connectivity index (χ1v) is 6.36. The molecule has 1 fully saturated rings. The van der Waals surface area contributed by atoms with Crippen molar-refractivity contribution in [1.82, 2.24) is 19.5 Å². The summed E-state index contributed by atoms with van der Waals surface area (Å²) >= 11 is 0. The Kier molecular flexibility index (Phi) is 3.25. The lowest BCUT2D eigenvalue weighted by Gasteiger charge is -2.16. The van der Waals surface area contributed by atoms with Crippen LogP contribution in [0, 0.1) is 11.3 Å². The molecule has 0 aliphatic carbocycles. The number of ether oxygens (including phenoxy) is 1. The number of Topliss-reactive ketones (excluding diaryl/α,β-unsaturated/α-hetero) is 1. The number of imidazole rings is 1. The van der Waals surface area contributed by atoms with E-state index in [0.29, 0.717) is 0 Å². The van der Waals surface area contributed by atoms with Crippen LogP contribution >= 0.6 is 0 Å². The first kappa shape index (κ1) is 14.3. The number of nitrogen functional groups attached to an aromatic ring is 1. The van der Waals surface area contributed by atoms with Gasteiger partial charge in [0.25, 0.3) is 0 Å². The van der Waals surface area contributed by atoms with E-state index in [0.717, 1.165) is 0 Å². The fourth-order valence-electron chi connectivity index (χ4n) is 2.40. The molecule has 1 aliphatic rings. The minimum absolute atomic E-state index is 0.0106. The van der Waals surface area contributed by atoms with Crippen LogP contribution in [0.2, 0.25) is 0 Å². The van der Waals surface area contributed by atoms with Gasteiger partial charge in [0.05, 0.1) is 6.33 Å².